The van der Waals surface area contributed by atoms with E-state index in [2.05, 4.69) is 10.4 Å². The summed E-state index contributed by atoms with van der Waals surface area (Å²) in [6.07, 6.45) is 1.86. The highest BCUT2D eigenvalue weighted by atomic mass is 16.4. The molecule has 0 radical (unpaired) electrons. The summed E-state index contributed by atoms with van der Waals surface area (Å²) in [5.74, 6) is -0.782. The van der Waals surface area contributed by atoms with Crippen molar-refractivity contribution in [3.63, 3.8) is 0 Å². The molecule has 0 aliphatic rings. The quantitative estimate of drug-likeness (QED) is 0.715. The van der Waals surface area contributed by atoms with Crippen LogP contribution in [0.1, 0.15) is 19.0 Å². The lowest BCUT2D eigenvalue weighted by molar-refractivity contribution is -0.137. The molecule has 0 saturated carbocycles. The molecule has 14 heavy (non-hydrogen) atoms. The van der Waals surface area contributed by atoms with Crippen LogP contribution < -0.4 is 5.32 Å². The smallest absolute Gasteiger partial charge is 0.304 e. The van der Waals surface area contributed by atoms with Gasteiger partial charge in [0.15, 0.2) is 0 Å². The van der Waals surface area contributed by atoms with Crippen molar-refractivity contribution in [1.29, 1.82) is 0 Å². The van der Waals surface area contributed by atoms with Gasteiger partial charge in [-0.3, -0.25) is 9.48 Å². The number of aliphatic carboxylic acids is 1. The number of hydrogen-bond donors (Lipinski definition) is 2. The summed E-state index contributed by atoms with van der Waals surface area (Å²) in [4.78, 5) is 10.4. The predicted octanol–water partition coefficient (Wildman–Crippen LogP) is 0.373. The third-order valence-electron chi connectivity index (χ3n) is 2.03. The topological polar surface area (TPSA) is 67.2 Å². The van der Waals surface area contributed by atoms with Gasteiger partial charge in [-0.05, 0) is 13.0 Å². The molecule has 2 N–H and O–H groups in total. The number of hydrogen-bond acceptors (Lipinski definition) is 3. The Morgan fingerprint density at radius 3 is 3.00 bits per heavy atom. The minimum Gasteiger partial charge on any atom is -0.481 e. The largest absolute Gasteiger partial charge is 0.481 e. The third-order valence-corrected chi connectivity index (χ3v) is 2.03. The van der Waals surface area contributed by atoms with Crippen molar-refractivity contribution in [2.45, 2.75) is 25.9 Å². The zero-order valence-electron chi connectivity index (χ0n) is 8.40. The maximum absolute atomic E-state index is 10.4. The predicted molar refractivity (Wildman–Crippen MR) is 51.8 cm³/mol. The zero-order valence-corrected chi connectivity index (χ0v) is 8.40. The number of carbonyl (C=O) groups is 1. The maximum atomic E-state index is 10.4. The molecule has 1 aromatic rings. The number of aryl methyl sites for hydroxylation is 1. The number of carboxylic acid groups (broad SMARTS) is 1. The second-order valence-corrected chi connectivity index (χ2v) is 3.33. The lowest BCUT2D eigenvalue weighted by Crippen LogP contribution is -2.28. The standard InChI is InChI=1S/C9H15N3O2/c1-7(5-9(13)14)10-6-8-3-4-11-12(8)2/h3-4,7,10H,5-6H2,1-2H3,(H,13,14). The van der Waals surface area contributed by atoms with Gasteiger partial charge in [0.2, 0.25) is 0 Å². The van der Waals surface area contributed by atoms with E-state index in [0.29, 0.717) is 6.54 Å². The molecule has 0 bridgehead atoms. The Hall–Kier alpha value is -1.36. The van der Waals surface area contributed by atoms with Crippen molar-refractivity contribution < 1.29 is 9.90 Å². The Balaban J connectivity index is 2.34. The van der Waals surface area contributed by atoms with Gasteiger partial charge in [-0.2, -0.15) is 5.10 Å². The van der Waals surface area contributed by atoms with E-state index in [0.717, 1.165) is 5.69 Å². The van der Waals surface area contributed by atoms with Gasteiger partial charge in [0.05, 0.1) is 12.1 Å². The van der Waals surface area contributed by atoms with Crippen LogP contribution in [0.25, 0.3) is 0 Å². The van der Waals surface area contributed by atoms with E-state index in [9.17, 15) is 4.79 Å². The highest BCUT2D eigenvalue weighted by Gasteiger charge is 2.07. The number of carboxylic acids is 1. The summed E-state index contributed by atoms with van der Waals surface area (Å²) in [6, 6.07) is 1.88. The molecule has 0 aliphatic heterocycles. The maximum Gasteiger partial charge on any atom is 0.304 e. The van der Waals surface area contributed by atoms with Crippen LogP contribution in [-0.2, 0) is 18.4 Å². The molecule has 0 fully saturated rings. The molecular weight excluding hydrogens is 182 g/mol. The van der Waals surface area contributed by atoms with Crippen molar-refractivity contribution in [1.82, 2.24) is 15.1 Å². The van der Waals surface area contributed by atoms with Crippen LogP contribution in [0.5, 0.6) is 0 Å². The van der Waals surface area contributed by atoms with Crippen molar-refractivity contribution in [3.8, 4) is 0 Å². The summed E-state index contributed by atoms with van der Waals surface area (Å²) >= 11 is 0. The molecule has 78 valence electrons. The molecule has 5 heteroatoms. The Labute approximate surface area is 82.7 Å². The molecule has 1 rings (SSSR count). The van der Waals surface area contributed by atoms with Crippen molar-refractivity contribution in [2.75, 3.05) is 0 Å². The van der Waals surface area contributed by atoms with Gasteiger partial charge >= 0.3 is 5.97 Å². The van der Waals surface area contributed by atoms with Gasteiger partial charge in [0.1, 0.15) is 0 Å². The van der Waals surface area contributed by atoms with E-state index >= 15 is 0 Å². The normalized spacial score (nSPS) is 12.7. The van der Waals surface area contributed by atoms with Gasteiger partial charge in [-0.25, -0.2) is 0 Å². The second kappa shape index (κ2) is 4.76. The number of nitrogens with zero attached hydrogens (tertiary/aromatic N) is 2. The molecule has 0 saturated heterocycles. The first-order chi connectivity index (χ1) is 6.59. The highest BCUT2D eigenvalue weighted by Crippen LogP contribution is 1.97. The first kappa shape index (κ1) is 10.7. The SMILES string of the molecule is CC(CC(=O)O)NCc1ccnn1C. The zero-order chi connectivity index (χ0) is 10.6. The Bertz CT molecular complexity index is 309. The molecule has 0 aliphatic carbocycles. The number of rotatable bonds is 5. The van der Waals surface area contributed by atoms with Crippen molar-refractivity contribution in [3.05, 3.63) is 18.0 Å². The summed E-state index contributed by atoms with van der Waals surface area (Å²) in [5.41, 5.74) is 1.04. The fourth-order valence-corrected chi connectivity index (χ4v) is 1.19. The van der Waals surface area contributed by atoms with Crippen LogP contribution >= 0.6 is 0 Å². The summed E-state index contributed by atoms with van der Waals surface area (Å²) in [6.45, 7) is 2.50. The van der Waals surface area contributed by atoms with Gasteiger partial charge in [-0.1, -0.05) is 0 Å². The Kier molecular flexibility index (Phi) is 3.64. The molecule has 0 spiro atoms. The lowest BCUT2D eigenvalue weighted by Gasteiger charge is -2.10. The minimum atomic E-state index is -0.782. The molecule has 1 atom stereocenters. The molecular formula is C9H15N3O2. The first-order valence-electron chi connectivity index (χ1n) is 4.51. The Morgan fingerprint density at radius 1 is 1.79 bits per heavy atom. The molecule has 1 aromatic heterocycles. The second-order valence-electron chi connectivity index (χ2n) is 3.33. The average molecular weight is 197 g/mol. The van der Waals surface area contributed by atoms with Gasteiger partial charge in [0, 0.05) is 25.8 Å². The molecule has 5 nitrogen and oxygen atoms in total. The van der Waals surface area contributed by atoms with E-state index in [1.165, 1.54) is 0 Å². The highest BCUT2D eigenvalue weighted by molar-refractivity contribution is 5.67. The van der Waals surface area contributed by atoms with E-state index in [-0.39, 0.29) is 12.5 Å². The van der Waals surface area contributed by atoms with Crippen LogP contribution in [0.2, 0.25) is 0 Å². The molecule has 0 amide bonds. The first-order valence-corrected chi connectivity index (χ1v) is 4.51. The molecule has 1 unspecified atom stereocenters. The average Bonchev–Trinajstić information content (AvgIpc) is 2.46. The monoisotopic (exact) mass is 197 g/mol. The third kappa shape index (κ3) is 3.18. The summed E-state index contributed by atoms with van der Waals surface area (Å²) in [5, 5.41) is 15.7. The van der Waals surface area contributed by atoms with Crippen molar-refractivity contribution in [2.24, 2.45) is 7.05 Å². The number of nitrogens with one attached hydrogen (secondary N) is 1. The van der Waals surface area contributed by atoms with E-state index < -0.39 is 5.97 Å². The van der Waals surface area contributed by atoms with Crippen LogP contribution in [0, 0.1) is 0 Å². The van der Waals surface area contributed by atoms with Crippen LogP contribution in [0.4, 0.5) is 0 Å². The van der Waals surface area contributed by atoms with Crippen molar-refractivity contribution >= 4 is 5.97 Å². The van der Waals surface area contributed by atoms with Gasteiger partial charge < -0.3 is 10.4 Å². The van der Waals surface area contributed by atoms with Crippen LogP contribution in [0.15, 0.2) is 12.3 Å². The van der Waals surface area contributed by atoms with Gasteiger partial charge in [0.25, 0.3) is 0 Å². The van der Waals surface area contributed by atoms with Crippen LogP contribution in [0.3, 0.4) is 0 Å². The number of aromatic nitrogens is 2. The fourth-order valence-electron chi connectivity index (χ4n) is 1.19. The van der Waals surface area contributed by atoms with E-state index in [1.807, 2.05) is 20.0 Å². The van der Waals surface area contributed by atoms with E-state index in [4.69, 9.17) is 5.11 Å². The summed E-state index contributed by atoms with van der Waals surface area (Å²) < 4.78 is 1.76. The van der Waals surface area contributed by atoms with E-state index in [1.54, 1.807) is 10.9 Å². The van der Waals surface area contributed by atoms with Gasteiger partial charge in [-0.15, -0.1) is 0 Å². The minimum absolute atomic E-state index is 0.0256. The lowest BCUT2D eigenvalue weighted by atomic mass is 10.2. The Morgan fingerprint density at radius 2 is 2.50 bits per heavy atom. The summed E-state index contributed by atoms with van der Waals surface area (Å²) in [7, 11) is 1.86. The molecule has 0 aromatic carbocycles. The fraction of sp³-hybridized carbons (Fsp3) is 0.556. The molecule has 1 heterocycles. The van der Waals surface area contributed by atoms with Crippen LogP contribution in [-0.4, -0.2) is 26.9 Å².